The molecule has 52 heavy (non-hydrogen) atoms. The third-order valence-corrected chi connectivity index (χ3v) is 10.6. The Hall–Kier alpha value is -6.46. The maximum atomic E-state index is 5.58. The van der Waals surface area contributed by atoms with E-state index in [9.17, 15) is 0 Å². The first kappa shape index (κ1) is 30.4. The van der Waals surface area contributed by atoms with Gasteiger partial charge < -0.3 is 4.98 Å². The molecule has 0 aliphatic rings. The van der Waals surface area contributed by atoms with Crippen molar-refractivity contribution < 1.29 is 0 Å². The van der Waals surface area contributed by atoms with Crippen molar-refractivity contribution in [3.05, 3.63) is 157 Å². The van der Waals surface area contributed by atoms with E-state index in [1.165, 1.54) is 32.7 Å². The largest absolute Gasteiger partial charge is 0.354 e. The normalized spacial score (nSPS) is 12.2. The Bertz CT molecular complexity index is 2990. The van der Waals surface area contributed by atoms with Gasteiger partial charge in [0.2, 0.25) is 0 Å². The molecule has 6 aromatic carbocycles. The highest BCUT2D eigenvalue weighted by molar-refractivity contribution is 6.13. The second kappa shape index (κ2) is 11.3. The lowest BCUT2D eigenvalue weighted by Gasteiger charge is -2.19. The van der Waals surface area contributed by atoms with Crippen LogP contribution in [0.15, 0.2) is 146 Å². The van der Waals surface area contributed by atoms with Crippen molar-refractivity contribution in [3.8, 4) is 34.0 Å². The summed E-state index contributed by atoms with van der Waals surface area (Å²) in [6.45, 7) is 9.01. The number of aryl methyl sites for hydroxylation is 1. The van der Waals surface area contributed by atoms with E-state index in [-0.39, 0.29) is 5.41 Å². The zero-order chi connectivity index (χ0) is 35.1. The van der Waals surface area contributed by atoms with Crippen LogP contribution in [-0.4, -0.2) is 24.1 Å². The van der Waals surface area contributed by atoms with Gasteiger partial charge in [-0.2, -0.15) is 0 Å². The number of para-hydroxylation sites is 3. The summed E-state index contributed by atoms with van der Waals surface area (Å²) in [4.78, 5) is 14.1. The SMILES string of the molecule is Cc1ccc(-c2ccc3c4cc(C(C)(C)C)ccc4n(-c4ccccn4)c3c2)c2nc(-c3cccc4c3[nH]c3ccccc34)n(-c3ccccc3)c12. The molecule has 1 N–H and O–H groups in total. The van der Waals surface area contributed by atoms with Crippen molar-refractivity contribution in [1.29, 1.82) is 0 Å². The lowest BCUT2D eigenvalue weighted by Crippen LogP contribution is -2.10. The minimum absolute atomic E-state index is 0.0352. The monoisotopic (exact) mass is 671 g/mol. The molecule has 0 bridgehead atoms. The first-order valence-electron chi connectivity index (χ1n) is 17.9. The van der Waals surface area contributed by atoms with E-state index in [4.69, 9.17) is 9.97 Å². The number of imidazole rings is 1. The van der Waals surface area contributed by atoms with Gasteiger partial charge in [-0.1, -0.05) is 106 Å². The fourth-order valence-corrected chi connectivity index (χ4v) is 8.03. The predicted octanol–water partition coefficient (Wildman–Crippen LogP) is 12.1. The molecule has 5 heteroatoms. The van der Waals surface area contributed by atoms with Gasteiger partial charge in [0.15, 0.2) is 0 Å². The van der Waals surface area contributed by atoms with Gasteiger partial charge in [0, 0.05) is 50.1 Å². The van der Waals surface area contributed by atoms with Crippen LogP contribution in [0, 0.1) is 6.92 Å². The third kappa shape index (κ3) is 4.55. The summed E-state index contributed by atoms with van der Waals surface area (Å²) >= 11 is 0. The molecule has 0 amide bonds. The van der Waals surface area contributed by atoms with Crippen LogP contribution in [0.5, 0.6) is 0 Å². The van der Waals surface area contributed by atoms with E-state index in [1.54, 1.807) is 0 Å². The van der Waals surface area contributed by atoms with Gasteiger partial charge in [-0.15, -0.1) is 0 Å². The highest BCUT2D eigenvalue weighted by atomic mass is 15.1. The molecule has 0 aliphatic carbocycles. The van der Waals surface area contributed by atoms with E-state index in [2.05, 4.69) is 175 Å². The zero-order valence-electron chi connectivity index (χ0n) is 29.6. The number of hydrogen-bond donors (Lipinski definition) is 1. The lowest BCUT2D eigenvalue weighted by atomic mass is 9.86. The van der Waals surface area contributed by atoms with Crippen LogP contribution < -0.4 is 0 Å². The van der Waals surface area contributed by atoms with E-state index in [1.807, 2.05) is 12.3 Å². The van der Waals surface area contributed by atoms with E-state index in [0.717, 1.165) is 67.1 Å². The molecule has 0 radical (unpaired) electrons. The molecular formula is C47H37N5. The van der Waals surface area contributed by atoms with Crippen molar-refractivity contribution in [2.75, 3.05) is 0 Å². The summed E-state index contributed by atoms with van der Waals surface area (Å²) in [5.41, 5.74) is 13.4. The van der Waals surface area contributed by atoms with Gasteiger partial charge in [-0.3, -0.25) is 9.13 Å². The molecule has 4 aromatic heterocycles. The number of H-pyrrole nitrogens is 1. The van der Waals surface area contributed by atoms with Crippen LogP contribution >= 0.6 is 0 Å². The molecule has 4 heterocycles. The minimum Gasteiger partial charge on any atom is -0.354 e. The Kier molecular flexibility index (Phi) is 6.58. The van der Waals surface area contributed by atoms with Gasteiger partial charge in [-0.05, 0) is 83.6 Å². The summed E-state index contributed by atoms with van der Waals surface area (Å²) < 4.78 is 4.64. The lowest BCUT2D eigenvalue weighted by molar-refractivity contribution is 0.591. The zero-order valence-corrected chi connectivity index (χ0v) is 29.6. The molecular weight excluding hydrogens is 635 g/mol. The Morgan fingerprint density at radius 2 is 1.40 bits per heavy atom. The highest BCUT2D eigenvalue weighted by Gasteiger charge is 2.23. The van der Waals surface area contributed by atoms with Gasteiger partial charge in [0.05, 0.1) is 27.6 Å². The van der Waals surface area contributed by atoms with Crippen molar-refractivity contribution in [3.63, 3.8) is 0 Å². The van der Waals surface area contributed by atoms with Crippen LogP contribution in [0.1, 0.15) is 31.9 Å². The van der Waals surface area contributed by atoms with Crippen molar-refractivity contribution in [2.24, 2.45) is 0 Å². The van der Waals surface area contributed by atoms with Crippen LogP contribution in [-0.2, 0) is 5.41 Å². The summed E-state index contributed by atoms with van der Waals surface area (Å²) in [6, 6.07) is 50.0. The van der Waals surface area contributed by atoms with Crippen LogP contribution in [0.4, 0.5) is 0 Å². The van der Waals surface area contributed by atoms with Gasteiger partial charge in [0.1, 0.15) is 11.6 Å². The van der Waals surface area contributed by atoms with Gasteiger partial charge >= 0.3 is 0 Å². The average molecular weight is 672 g/mol. The maximum Gasteiger partial charge on any atom is 0.147 e. The number of fused-ring (bicyclic) bond motifs is 7. The van der Waals surface area contributed by atoms with Crippen molar-refractivity contribution in [1.82, 2.24) is 24.1 Å². The minimum atomic E-state index is 0.0352. The van der Waals surface area contributed by atoms with E-state index >= 15 is 0 Å². The number of nitrogens with zero attached hydrogens (tertiary/aromatic N) is 4. The molecule has 10 rings (SSSR count). The fourth-order valence-electron chi connectivity index (χ4n) is 8.03. The Balaban J connectivity index is 1.27. The second-order valence-corrected chi connectivity index (χ2v) is 14.9. The predicted molar refractivity (Wildman–Crippen MR) is 217 cm³/mol. The molecule has 0 saturated carbocycles. The number of hydrogen-bond acceptors (Lipinski definition) is 2. The van der Waals surface area contributed by atoms with Crippen molar-refractivity contribution in [2.45, 2.75) is 33.1 Å². The fraction of sp³-hybridized carbons (Fsp3) is 0.106. The summed E-state index contributed by atoms with van der Waals surface area (Å²) in [6.07, 6.45) is 1.87. The van der Waals surface area contributed by atoms with Crippen LogP contribution in [0.25, 0.3) is 88.7 Å². The molecule has 0 unspecified atom stereocenters. The average Bonchev–Trinajstić information content (AvgIpc) is 3.85. The number of nitrogens with one attached hydrogen (secondary N) is 1. The number of pyridine rings is 1. The van der Waals surface area contributed by atoms with Crippen molar-refractivity contribution >= 4 is 54.6 Å². The summed E-state index contributed by atoms with van der Waals surface area (Å²) in [7, 11) is 0. The third-order valence-electron chi connectivity index (χ3n) is 10.6. The van der Waals surface area contributed by atoms with Crippen LogP contribution in [0.2, 0.25) is 0 Å². The number of benzene rings is 6. The van der Waals surface area contributed by atoms with Gasteiger partial charge in [0.25, 0.3) is 0 Å². The summed E-state index contributed by atoms with van der Waals surface area (Å²) in [5.74, 6) is 1.81. The summed E-state index contributed by atoms with van der Waals surface area (Å²) in [5, 5.41) is 4.85. The quantitative estimate of drug-likeness (QED) is 0.202. The standard InChI is InChI=1S/C47H37N5/c1-29-20-23-33(30-21-24-35-38-28-31(47(2,3)4)22-25-40(38)52(41(35)27-30)42-19-10-11-26-48-42)44-45(29)51(32-13-6-5-7-14-32)46(50-44)37-17-12-16-36-34-15-8-9-18-39(34)49-43(36)37/h5-28,49H,1-4H3. The number of rotatable bonds is 4. The van der Waals surface area contributed by atoms with E-state index < -0.39 is 0 Å². The molecule has 0 aliphatic heterocycles. The molecule has 0 saturated heterocycles. The Morgan fingerprint density at radius 1 is 0.596 bits per heavy atom. The van der Waals surface area contributed by atoms with Gasteiger partial charge in [-0.25, -0.2) is 9.97 Å². The smallest absolute Gasteiger partial charge is 0.147 e. The first-order valence-corrected chi connectivity index (χ1v) is 17.9. The molecule has 250 valence electrons. The molecule has 0 spiro atoms. The molecule has 10 aromatic rings. The molecule has 0 fully saturated rings. The Morgan fingerprint density at radius 3 is 2.23 bits per heavy atom. The number of aromatic nitrogens is 5. The van der Waals surface area contributed by atoms with E-state index in [0.29, 0.717) is 0 Å². The first-order chi connectivity index (χ1) is 25.3. The van der Waals surface area contributed by atoms with Crippen LogP contribution in [0.3, 0.4) is 0 Å². The highest BCUT2D eigenvalue weighted by Crippen LogP contribution is 2.41. The molecule has 5 nitrogen and oxygen atoms in total. The second-order valence-electron chi connectivity index (χ2n) is 14.9. The Labute approximate surface area is 301 Å². The topological polar surface area (TPSA) is 51.4 Å². The molecule has 0 atom stereocenters. The number of aromatic amines is 1. The maximum absolute atomic E-state index is 5.58.